The summed E-state index contributed by atoms with van der Waals surface area (Å²) in [6, 6.07) is 10.5. The maximum absolute atomic E-state index is 4.11. The molecule has 0 radical (unpaired) electrons. The Morgan fingerprint density at radius 1 is 1.06 bits per heavy atom. The minimum atomic E-state index is 0.398. The van der Waals surface area contributed by atoms with Crippen LogP contribution in [0.1, 0.15) is 19.4 Å². The van der Waals surface area contributed by atoms with E-state index >= 15 is 0 Å². The van der Waals surface area contributed by atoms with Crippen LogP contribution >= 0.6 is 0 Å². The van der Waals surface area contributed by atoms with Crippen molar-refractivity contribution in [3.63, 3.8) is 0 Å². The Labute approximate surface area is 110 Å². The van der Waals surface area contributed by atoms with Gasteiger partial charge in [0.1, 0.15) is 5.57 Å². The second-order valence-electron chi connectivity index (χ2n) is 4.70. The predicted molar refractivity (Wildman–Crippen MR) is 79.9 cm³/mol. The van der Waals surface area contributed by atoms with Crippen molar-refractivity contribution < 1.29 is 0 Å². The highest BCUT2D eigenvalue weighted by Crippen LogP contribution is 2.29. The first-order chi connectivity index (χ1) is 8.68. The molecular weight excluding hydrogens is 216 g/mol. The summed E-state index contributed by atoms with van der Waals surface area (Å²) < 4.78 is 0. The summed E-state index contributed by atoms with van der Waals surface area (Å²) in [6.07, 6.45) is 10.9. The van der Waals surface area contributed by atoms with E-state index in [2.05, 4.69) is 75.4 Å². The van der Waals surface area contributed by atoms with E-state index in [0.717, 1.165) is 5.57 Å². The third kappa shape index (κ3) is 2.84. The van der Waals surface area contributed by atoms with Crippen LogP contribution in [0.25, 0.3) is 5.57 Å². The maximum atomic E-state index is 4.11. The monoisotopic (exact) mass is 235 g/mol. The van der Waals surface area contributed by atoms with Crippen LogP contribution in [0.3, 0.4) is 0 Å². The normalized spacial score (nSPS) is 15.7. The first kappa shape index (κ1) is 12.5. The number of hydrogen-bond acceptors (Lipinski definition) is 0. The quantitative estimate of drug-likeness (QED) is 0.510. The van der Waals surface area contributed by atoms with E-state index in [4.69, 9.17) is 0 Å². The van der Waals surface area contributed by atoms with E-state index < -0.39 is 0 Å². The topological polar surface area (TPSA) is 0 Å². The van der Waals surface area contributed by atoms with Crippen molar-refractivity contribution in [2.24, 2.45) is 5.92 Å². The highest BCUT2D eigenvalue weighted by atomic mass is 14.2. The molecule has 0 saturated carbocycles. The molecule has 0 bridgehead atoms. The van der Waals surface area contributed by atoms with Gasteiger partial charge >= 0.3 is 0 Å². The fourth-order valence-corrected chi connectivity index (χ4v) is 2.18. The van der Waals surface area contributed by atoms with Gasteiger partial charge in [-0.15, -0.1) is 0 Å². The van der Waals surface area contributed by atoms with Crippen molar-refractivity contribution in [2.75, 3.05) is 0 Å². The third-order valence-corrected chi connectivity index (χ3v) is 3.21. The van der Waals surface area contributed by atoms with Gasteiger partial charge in [-0.25, -0.2) is 0 Å². The molecule has 0 heterocycles. The Morgan fingerprint density at radius 3 is 2.22 bits per heavy atom. The summed E-state index contributed by atoms with van der Waals surface area (Å²) in [5, 5.41) is 0. The first-order valence-electron chi connectivity index (χ1n) is 6.30. The minimum Gasteiger partial charge on any atom is -0.0644 e. The first-order valence-corrected chi connectivity index (χ1v) is 6.30. The van der Waals surface area contributed by atoms with E-state index in [1.165, 1.54) is 16.7 Å². The van der Waals surface area contributed by atoms with Crippen LogP contribution in [0.5, 0.6) is 0 Å². The highest BCUT2D eigenvalue weighted by molar-refractivity contribution is 5.72. The van der Waals surface area contributed by atoms with Crippen molar-refractivity contribution in [3.05, 3.63) is 84.3 Å². The van der Waals surface area contributed by atoms with Crippen molar-refractivity contribution in [1.82, 2.24) is 0 Å². The predicted octanol–water partition coefficient (Wildman–Crippen LogP) is 4.98. The van der Waals surface area contributed by atoms with Crippen LogP contribution < -0.4 is 0 Å². The van der Waals surface area contributed by atoms with Crippen LogP contribution in [-0.4, -0.2) is 0 Å². The molecule has 1 aromatic rings. The SMILES string of the molecule is C=C(C)/C([CH+]C1C=CC=C1)=C(/C)c1ccccc1. The zero-order valence-electron chi connectivity index (χ0n) is 11.1. The molecule has 90 valence electrons. The fraction of sp³-hybridized carbons (Fsp3) is 0.167. The molecule has 2 rings (SSSR count). The molecular formula is C18H19+. The Morgan fingerprint density at radius 2 is 1.67 bits per heavy atom. The van der Waals surface area contributed by atoms with Gasteiger partial charge in [-0.1, -0.05) is 42.5 Å². The Balaban J connectivity index is 2.31. The molecule has 0 saturated heterocycles. The lowest BCUT2D eigenvalue weighted by Gasteiger charge is -2.06. The van der Waals surface area contributed by atoms with E-state index in [1.54, 1.807) is 0 Å². The molecule has 0 heteroatoms. The van der Waals surface area contributed by atoms with Crippen molar-refractivity contribution >= 4 is 5.57 Å². The van der Waals surface area contributed by atoms with Crippen LogP contribution in [0.2, 0.25) is 0 Å². The van der Waals surface area contributed by atoms with Crippen LogP contribution in [0, 0.1) is 12.3 Å². The average molecular weight is 235 g/mol. The molecule has 0 unspecified atom stereocenters. The molecule has 0 N–H and O–H groups in total. The Kier molecular flexibility index (Phi) is 3.88. The summed E-state index contributed by atoms with van der Waals surface area (Å²) >= 11 is 0. The van der Waals surface area contributed by atoms with Gasteiger partial charge < -0.3 is 0 Å². The van der Waals surface area contributed by atoms with Crippen molar-refractivity contribution in [2.45, 2.75) is 13.8 Å². The lowest BCUT2D eigenvalue weighted by molar-refractivity contribution is 0.991. The minimum absolute atomic E-state index is 0.398. The Hall–Kier alpha value is -1.95. The van der Waals surface area contributed by atoms with E-state index in [9.17, 15) is 0 Å². The Bertz CT molecular complexity index is 500. The smallest absolute Gasteiger partial charge is 0.0644 e. The molecule has 18 heavy (non-hydrogen) atoms. The second kappa shape index (κ2) is 5.59. The second-order valence-corrected chi connectivity index (χ2v) is 4.70. The highest BCUT2D eigenvalue weighted by Gasteiger charge is 2.19. The zero-order valence-corrected chi connectivity index (χ0v) is 11.1. The van der Waals surface area contributed by atoms with E-state index in [0.29, 0.717) is 5.92 Å². The van der Waals surface area contributed by atoms with Gasteiger partial charge in [0.2, 0.25) is 0 Å². The van der Waals surface area contributed by atoms with Gasteiger partial charge in [0.25, 0.3) is 0 Å². The summed E-state index contributed by atoms with van der Waals surface area (Å²) in [5.41, 5.74) is 4.92. The summed E-state index contributed by atoms with van der Waals surface area (Å²) in [7, 11) is 0. The molecule has 0 atom stereocenters. The lowest BCUT2D eigenvalue weighted by atomic mass is 9.90. The standard InChI is InChI=1S/C18H19/c1-14(2)18(13-16-9-7-8-10-16)15(3)17-11-5-4-6-12-17/h4-13,16H,1H2,2-3H3/q+1/b18-15-. The van der Waals surface area contributed by atoms with Crippen LogP contribution in [-0.2, 0) is 0 Å². The molecule has 0 amide bonds. The summed E-state index contributed by atoms with van der Waals surface area (Å²) in [4.78, 5) is 0. The van der Waals surface area contributed by atoms with Gasteiger partial charge in [0.05, 0.1) is 11.5 Å². The summed E-state index contributed by atoms with van der Waals surface area (Å²) in [6.45, 7) is 8.34. The molecule has 1 aliphatic rings. The van der Waals surface area contributed by atoms with Gasteiger partial charge in [0.15, 0.2) is 0 Å². The van der Waals surface area contributed by atoms with E-state index in [-0.39, 0.29) is 0 Å². The van der Waals surface area contributed by atoms with Gasteiger partial charge in [-0.2, -0.15) is 0 Å². The number of hydrogen-bond donors (Lipinski definition) is 0. The number of allylic oxidation sites excluding steroid dienone is 7. The number of rotatable bonds is 4. The molecule has 0 nitrogen and oxygen atoms in total. The summed E-state index contributed by atoms with van der Waals surface area (Å²) in [5.74, 6) is 0.398. The zero-order chi connectivity index (χ0) is 13.0. The largest absolute Gasteiger partial charge is 0.136 e. The molecule has 0 spiro atoms. The number of benzene rings is 1. The molecule has 1 aromatic carbocycles. The molecule has 0 fully saturated rings. The average Bonchev–Trinajstić information content (AvgIpc) is 2.89. The van der Waals surface area contributed by atoms with Gasteiger partial charge in [0, 0.05) is 31.4 Å². The molecule has 0 aliphatic heterocycles. The van der Waals surface area contributed by atoms with E-state index in [1.807, 2.05) is 6.07 Å². The van der Waals surface area contributed by atoms with Crippen LogP contribution in [0.15, 0.2) is 72.4 Å². The third-order valence-electron chi connectivity index (χ3n) is 3.21. The van der Waals surface area contributed by atoms with Crippen molar-refractivity contribution in [1.29, 1.82) is 0 Å². The molecule has 0 aromatic heterocycles. The van der Waals surface area contributed by atoms with Crippen molar-refractivity contribution in [3.8, 4) is 0 Å². The lowest BCUT2D eigenvalue weighted by Crippen LogP contribution is -1.98. The maximum Gasteiger partial charge on any atom is 0.136 e. The molecule has 1 aliphatic carbocycles. The van der Waals surface area contributed by atoms with Gasteiger partial charge in [-0.3, -0.25) is 0 Å². The fourth-order valence-electron chi connectivity index (χ4n) is 2.18. The van der Waals surface area contributed by atoms with Crippen LogP contribution in [0.4, 0.5) is 0 Å². The van der Waals surface area contributed by atoms with Gasteiger partial charge in [-0.05, 0) is 18.7 Å².